The fourth-order valence-electron chi connectivity index (χ4n) is 2.50. The van der Waals surface area contributed by atoms with Gasteiger partial charge in [0, 0.05) is 12.6 Å². The minimum absolute atomic E-state index is 0.0342. The standard InChI is InChI=1S/C14H17ClN2O2S/c1-11-5-3-2-4-8-17(11)20(18,19)14-9-12(10-16)6-7-13(14)15/h6-7,9,11H,2-5,8H2,1H3. The van der Waals surface area contributed by atoms with Crippen LogP contribution in [0.3, 0.4) is 0 Å². The first kappa shape index (κ1) is 15.3. The average Bonchev–Trinajstić information content (AvgIpc) is 2.64. The maximum atomic E-state index is 12.8. The quantitative estimate of drug-likeness (QED) is 0.842. The fraction of sp³-hybridized carbons (Fsp3) is 0.500. The van der Waals surface area contributed by atoms with Gasteiger partial charge in [-0.25, -0.2) is 8.42 Å². The van der Waals surface area contributed by atoms with E-state index in [4.69, 9.17) is 16.9 Å². The van der Waals surface area contributed by atoms with E-state index in [1.807, 2.05) is 13.0 Å². The van der Waals surface area contributed by atoms with Gasteiger partial charge < -0.3 is 0 Å². The number of benzene rings is 1. The van der Waals surface area contributed by atoms with Crippen LogP contribution in [0.15, 0.2) is 23.1 Å². The molecule has 6 heteroatoms. The Hall–Kier alpha value is -1.09. The molecule has 1 aromatic rings. The molecular weight excluding hydrogens is 296 g/mol. The molecule has 20 heavy (non-hydrogen) atoms. The lowest BCUT2D eigenvalue weighted by Crippen LogP contribution is -2.38. The summed E-state index contributed by atoms with van der Waals surface area (Å²) in [6.45, 7) is 2.43. The van der Waals surface area contributed by atoms with E-state index in [1.165, 1.54) is 22.5 Å². The van der Waals surface area contributed by atoms with Crippen LogP contribution < -0.4 is 0 Å². The van der Waals surface area contributed by atoms with Gasteiger partial charge in [-0.15, -0.1) is 0 Å². The first-order valence-electron chi connectivity index (χ1n) is 6.68. The molecular formula is C14H17ClN2O2S. The molecule has 0 aromatic heterocycles. The van der Waals surface area contributed by atoms with E-state index in [9.17, 15) is 8.42 Å². The predicted octanol–water partition coefficient (Wildman–Crippen LogP) is 3.16. The molecule has 0 saturated carbocycles. The maximum absolute atomic E-state index is 12.8. The van der Waals surface area contributed by atoms with E-state index in [0.717, 1.165) is 25.7 Å². The molecule has 108 valence electrons. The number of hydrogen-bond donors (Lipinski definition) is 0. The van der Waals surface area contributed by atoms with Crippen LogP contribution in [0.2, 0.25) is 5.02 Å². The molecule has 0 radical (unpaired) electrons. The highest BCUT2D eigenvalue weighted by molar-refractivity contribution is 7.89. The number of halogens is 1. The van der Waals surface area contributed by atoms with E-state index in [1.54, 1.807) is 0 Å². The molecule has 4 nitrogen and oxygen atoms in total. The summed E-state index contributed by atoms with van der Waals surface area (Å²) in [5.41, 5.74) is 0.301. The number of nitriles is 1. The van der Waals surface area contributed by atoms with Gasteiger partial charge >= 0.3 is 0 Å². The molecule has 0 amide bonds. The zero-order valence-electron chi connectivity index (χ0n) is 11.3. The second-order valence-corrected chi connectivity index (χ2v) is 7.34. The van der Waals surface area contributed by atoms with Crippen molar-refractivity contribution in [2.75, 3.05) is 6.54 Å². The number of sulfonamides is 1. The Morgan fingerprint density at radius 2 is 2.10 bits per heavy atom. The largest absolute Gasteiger partial charge is 0.244 e. The summed E-state index contributed by atoms with van der Waals surface area (Å²) >= 11 is 6.03. The molecule has 1 heterocycles. The lowest BCUT2D eigenvalue weighted by Gasteiger charge is -2.26. The molecule has 0 aliphatic carbocycles. The number of rotatable bonds is 2. The summed E-state index contributed by atoms with van der Waals surface area (Å²) in [5.74, 6) is 0. The lowest BCUT2D eigenvalue weighted by molar-refractivity contribution is 0.342. The molecule has 1 fully saturated rings. The second-order valence-electron chi connectivity index (χ2n) is 5.07. The van der Waals surface area contributed by atoms with Crippen molar-refractivity contribution >= 4 is 21.6 Å². The zero-order valence-corrected chi connectivity index (χ0v) is 12.9. The summed E-state index contributed by atoms with van der Waals surface area (Å²) in [5, 5.41) is 9.09. The number of nitrogens with zero attached hydrogens (tertiary/aromatic N) is 2. The fourth-order valence-corrected chi connectivity index (χ4v) is 4.70. The smallest absolute Gasteiger partial charge is 0.207 e. The van der Waals surface area contributed by atoms with Gasteiger partial charge in [0.2, 0.25) is 10.0 Å². The normalized spacial score (nSPS) is 21.1. The van der Waals surface area contributed by atoms with Crippen molar-refractivity contribution in [1.29, 1.82) is 5.26 Å². The molecule has 1 aromatic carbocycles. The molecule has 0 bridgehead atoms. The third-order valence-electron chi connectivity index (χ3n) is 3.64. The summed E-state index contributed by atoms with van der Waals surface area (Å²) < 4.78 is 27.1. The Balaban J connectivity index is 2.46. The Bertz CT molecular complexity index is 637. The van der Waals surface area contributed by atoms with Crippen molar-refractivity contribution in [2.45, 2.75) is 43.5 Å². The van der Waals surface area contributed by atoms with Gasteiger partial charge in [-0.1, -0.05) is 24.4 Å². The van der Waals surface area contributed by atoms with Crippen molar-refractivity contribution in [3.05, 3.63) is 28.8 Å². The minimum Gasteiger partial charge on any atom is -0.207 e. The van der Waals surface area contributed by atoms with Crippen molar-refractivity contribution in [3.8, 4) is 6.07 Å². The Morgan fingerprint density at radius 1 is 1.35 bits per heavy atom. The van der Waals surface area contributed by atoms with Crippen LogP contribution >= 0.6 is 11.6 Å². The zero-order chi connectivity index (χ0) is 14.8. The van der Waals surface area contributed by atoms with E-state index in [-0.39, 0.29) is 16.0 Å². The summed E-state index contributed by atoms with van der Waals surface area (Å²) in [6, 6.07) is 6.26. The van der Waals surface area contributed by atoms with Gasteiger partial charge in [0.1, 0.15) is 4.90 Å². The SMILES string of the molecule is CC1CCCCCN1S(=O)(=O)c1cc(C#N)ccc1Cl. The Morgan fingerprint density at radius 3 is 2.80 bits per heavy atom. The van der Waals surface area contributed by atoms with E-state index in [0.29, 0.717) is 12.1 Å². The van der Waals surface area contributed by atoms with E-state index in [2.05, 4.69) is 0 Å². The minimum atomic E-state index is -3.65. The van der Waals surface area contributed by atoms with Gasteiger partial charge in [-0.05, 0) is 38.0 Å². The molecule has 0 N–H and O–H groups in total. The second kappa shape index (κ2) is 6.13. The summed E-state index contributed by atoms with van der Waals surface area (Å²) in [4.78, 5) is 0.0342. The predicted molar refractivity (Wildman–Crippen MR) is 78.0 cm³/mol. The van der Waals surface area contributed by atoms with Gasteiger partial charge in [0.15, 0.2) is 0 Å². The molecule has 1 atom stereocenters. The van der Waals surface area contributed by atoms with Crippen LogP contribution in [-0.4, -0.2) is 25.3 Å². The van der Waals surface area contributed by atoms with Crippen molar-refractivity contribution in [1.82, 2.24) is 4.31 Å². The molecule has 1 unspecified atom stereocenters. The summed E-state index contributed by atoms with van der Waals surface area (Å²) in [6.07, 6.45) is 3.80. The first-order chi connectivity index (χ1) is 9.46. The molecule has 1 saturated heterocycles. The van der Waals surface area contributed by atoms with Crippen molar-refractivity contribution in [2.24, 2.45) is 0 Å². The highest BCUT2D eigenvalue weighted by Gasteiger charge is 2.31. The lowest BCUT2D eigenvalue weighted by atomic mass is 10.1. The van der Waals surface area contributed by atoms with Crippen LogP contribution in [0.5, 0.6) is 0 Å². The van der Waals surface area contributed by atoms with Crippen molar-refractivity contribution in [3.63, 3.8) is 0 Å². The monoisotopic (exact) mass is 312 g/mol. The average molecular weight is 313 g/mol. The topological polar surface area (TPSA) is 61.2 Å². The van der Waals surface area contributed by atoms with Gasteiger partial charge in [-0.2, -0.15) is 9.57 Å². The highest BCUT2D eigenvalue weighted by Crippen LogP contribution is 2.29. The van der Waals surface area contributed by atoms with Crippen LogP contribution in [0.1, 0.15) is 38.2 Å². The highest BCUT2D eigenvalue weighted by atomic mass is 35.5. The molecule has 1 aliphatic rings. The van der Waals surface area contributed by atoms with Crippen LogP contribution in [0.4, 0.5) is 0 Å². The van der Waals surface area contributed by atoms with E-state index >= 15 is 0 Å². The molecule has 2 rings (SSSR count). The maximum Gasteiger partial charge on any atom is 0.244 e. The Labute approximate surface area is 125 Å². The third kappa shape index (κ3) is 2.98. The van der Waals surface area contributed by atoms with Crippen LogP contribution in [-0.2, 0) is 10.0 Å². The van der Waals surface area contributed by atoms with Gasteiger partial charge in [0.05, 0.1) is 16.7 Å². The van der Waals surface area contributed by atoms with Crippen molar-refractivity contribution < 1.29 is 8.42 Å². The van der Waals surface area contributed by atoms with E-state index < -0.39 is 10.0 Å². The van der Waals surface area contributed by atoms with Gasteiger partial charge in [0.25, 0.3) is 0 Å². The molecule has 1 aliphatic heterocycles. The Kier molecular flexibility index (Phi) is 4.69. The molecule has 0 spiro atoms. The first-order valence-corrected chi connectivity index (χ1v) is 8.50. The van der Waals surface area contributed by atoms with Crippen LogP contribution in [0.25, 0.3) is 0 Å². The van der Waals surface area contributed by atoms with Gasteiger partial charge in [-0.3, -0.25) is 0 Å². The number of hydrogen-bond acceptors (Lipinski definition) is 3. The van der Waals surface area contributed by atoms with Crippen LogP contribution in [0, 0.1) is 11.3 Å². The summed E-state index contributed by atoms with van der Waals surface area (Å²) in [7, 11) is -3.65. The third-order valence-corrected chi connectivity index (χ3v) is 6.13.